The minimum absolute atomic E-state index is 0.159. The second kappa shape index (κ2) is 7.31. The monoisotopic (exact) mass is 367 g/mol. The molecule has 4 nitrogen and oxygen atoms in total. The van der Waals surface area contributed by atoms with Gasteiger partial charge in [-0.3, -0.25) is 9.36 Å². The Morgan fingerprint density at radius 1 is 1.27 bits per heavy atom. The number of hydrogen-bond donors (Lipinski definition) is 0. The van der Waals surface area contributed by atoms with Crippen molar-refractivity contribution >= 4 is 17.7 Å². The molecule has 1 saturated heterocycles. The summed E-state index contributed by atoms with van der Waals surface area (Å²) in [5, 5.41) is 0.931. The minimum atomic E-state index is 0.159. The Balaban J connectivity index is 1.56. The summed E-state index contributed by atoms with van der Waals surface area (Å²) in [6, 6.07) is 7.92. The lowest BCUT2D eigenvalue weighted by Gasteiger charge is -2.44. The van der Waals surface area contributed by atoms with Gasteiger partial charge >= 0.3 is 0 Å². The highest BCUT2D eigenvalue weighted by Gasteiger charge is 2.36. The zero-order chi connectivity index (χ0) is 18.0. The Bertz CT molecular complexity index is 828. The topological polar surface area (TPSA) is 38.1 Å². The molecule has 2 aliphatic rings. The molecule has 0 saturated carbocycles. The summed E-state index contributed by atoms with van der Waals surface area (Å²) in [6.45, 7) is 1.76. The fourth-order valence-electron chi connectivity index (χ4n) is 4.30. The predicted octanol–water partition coefficient (Wildman–Crippen LogP) is 4.56. The first-order valence-corrected chi connectivity index (χ1v) is 10.6. The van der Waals surface area contributed by atoms with Crippen molar-refractivity contribution in [2.45, 2.75) is 37.3 Å². The number of carbonyl (C=O) groups is 1. The van der Waals surface area contributed by atoms with Gasteiger partial charge in [0.1, 0.15) is 0 Å². The number of thioether (sulfide) groups is 1. The molecule has 0 radical (unpaired) electrons. The number of allylic oxidation sites excluding steroid dienone is 2. The lowest BCUT2D eigenvalue weighted by atomic mass is 9.71. The highest BCUT2D eigenvalue weighted by molar-refractivity contribution is 7.98. The van der Waals surface area contributed by atoms with Crippen LogP contribution in [-0.2, 0) is 0 Å². The molecule has 1 amide bonds. The first kappa shape index (κ1) is 17.4. The SMILES string of the molecule is CSc1nccn1-c1cccc(C(=O)N2CCCC3(CC=CCC3)C2)c1. The van der Waals surface area contributed by atoms with E-state index in [1.807, 2.05) is 41.3 Å². The molecule has 1 aromatic heterocycles. The normalized spacial score (nSPS) is 22.7. The number of aromatic nitrogens is 2. The standard InChI is InChI=1S/C21H25N3OS/c1-26-20-22-12-14-24(20)18-8-5-7-17(15-18)19(25)23-13-6-11-21(16-23)9-3-2-4-10-21/h2-3,5,7-8,12,14-15H,4,6,9-11,13,16H2,1H3. The van der Waals surface area contributed by atoms with Crippen LogP contribution < -0.4 is 0 Å². The van der Waals surface area contributed by atoms with Crippen LogP contribution in [0.2, 0.25) is 0 Å². The summed E-state index contributed by atoms with van der Waals surface area (Å²) in [4.78, 5) is 19.6. The van der Waals surface area contributed by atoms with Crippen LogP contribution in [0.15, 0.2) is 54.0 Å². The number of benzene rings is 1. The van der Waals surface area contributed by atoms with Crippen LogP contribution in [0.25, 0.3) is 5.69 Å². The Labute approximate surface area is 159 Å². The molecular weight excluding hydrogens is 342 g/mol. The van der Waals surface area contributed by atoms with Crippen LogP contribution in [0, 0.1) is 5.41 Å². The highest BCUT2D eigenvalue weighted by Crippen LogP contribution is 2.41. The molecule has 26 heavy (non-hydrogen) atoms. The van der Waals surface area contributed by atoms with E-state index in [1.54, 1.807) is 18.0 Å². The van der Waals surface area contributed by atoms with Gasteiger partial charge in [-0.1, -0.05) is 30.0 Å². The molecular formula is C21H25N3OS. The maximum atomic E-state index is 13.2. The van der Waals surface area contributed by atoms with Crippen LogP contribution in [0.3, 0.4) is 0 Å². The second-order valence-electron chi connectivity index (χ2n) is 7.38. The number of hydrogen-bond acceptors (Lipinski definition) is 3. The number of rotatable bonds is 3. The van der Waals surface area contributed by atoms with E-state index in [2.05, 4.69) is 22.0 Å². The Hall–Kier alpha value is -2.01. The first-order chi connectivity index (χ1) is 12.7. The van der Waals surface area contributed by atoms with Gasteiger partial charge in [-0.05, 0) is 62.0 Å². The van der Waals surface area contributed by atoms with Crippen molar-refractivity contribution in [3.8, 4) is 5.69 Å². The fourth-order valence-corrected chi connectivity index (χ4v) is 4.83. The quantitative estimate of drug-likeness (QED) is 0.590. The molecule has 1 fully saturated rings. The van der Waals surface area contributed by atoms with E-state index >= 15 is 0 Å². The molecule has 1 aromatic carbocycles. The molecule has 1 aliphatic heterocycles. The molecule has 2 heterocycles. The Kier molecular flexibility index (Phi) is 4.90. The molecule has 0 bridgehead atoms. The molecule has 1 spiro atoms. The third-order valence-corrected chi connectivity index (χ3v) is 6.34. The zero-order valence-corrected chi connectivity index (χ0v) is 16.0. The van der Waals surface area contributed by atoms with Gasteiger partial charge in [0.05, 0.1) is 0 Å². The van der Waals surface area contributed by atoms with Crippen molar-refractivity contribution < 1.29 is 4.79 Å². The maximum Gasteiger partial charge on any atom is 0.253 e. The summed E-state index contributed by atoms with van der Waals surface area (Å²) in [6.07, 6.45) is 16.2. The first-order valence-electron chi connectivity index (χ1n) is 9.33. The summed E-state index contributed by atoms with van der Waals surface area (Å²) in [5.74, 6) is 0.159. The van der Waals surface area contributed by atoms with E-state index < -0.39 is 0 Å². The summed E-state index contributed by atoms with van der Waals surface area (Å²) in [5.41, 5.74) is 2.06. The maximum absolute atomic E-state index is 13.2. The number of likely N-dealkylation sites (tertiary alicyclic amines) is 1. The van der Waals surface area contributed by atoms with Crippen molar-refractivity contribution in [1.82, 2.24) is 14.5 Å². The van der Waals surface area contributed by atoms with E-state index in [9.17, 15) is 4.79 Å². The van der Waals surface area contributed by atoms with Gasteiger partial charge in [0.15, 0.2) is 5.16 Å². The Morgan fingerprint density at radius 3 is 3.00 bits per heavy atom. The number of amides is 1. The molecule has 1 unspecified atom stereocenters. The van der Waals surface area contributed by atoms with Crippen molar-refractivity contribution in [1.29, 1.82) is 0 Å². The largest absolute Gasteiger partial charge is 0.338 e. The van der Waals surface area contributed by atoms with Gasteiger partial charge in [0, 0.05) is 36.7 Å². The van der Waals surface area contributed by atoms with Gasteiger partial charge in [-0.25, -0.2) is 4.98 Å². The minimum Gasteiger partial charge on any atom is -0.338 e. The van der Waals surface area contributed by atoms with Gasteiger partial charge in [0.2, 0.25) is 0 Å². The number of imidazole rings is 1. The van der Waals surface area contributed by atoms with E-state index in [-0.39, 0.29) is 5.91 Å². The summed E-state index contributed by atoms with van der Waals surface area (Å²) >= 11 is 1.60. The summed E-state index contributed by atoms with van der Waals surface area (Å²) in [7, 11) is 0. The number of carbonyl (C=O) groups excluding carboxylic acids is 1. The van der Waals surface area contributed by atoms with Gasteiger partial charge in [-0.2, -0.15) is 0 Å². The third kappa shape index (κ3) is 3.32. The van der Waals surface area contributed by atoms with Crippen LogP contribution in [-0.4, -0.2) is 39.7 Å². The molecule has 2 aromatic rings. The van der Waals surface area contributed by atoms with Crippen molar-refractivity contribution in [3.05, 3.63) is 54.4 Å². The lowest BCUT2D eigenvalue weighted by Crippen LogP contribution is -2.46. The Morgan fingerprint density at radius 2 is 2.19 bits per heavy atom. The van der Waals surface area contributed by atoms with E-state index in [0.717, 1.165) is 48.8 Å². The zero-order valence-electron chi connectivity index (χ0n) is 15.2. The molecule has 1 atom stereocenters. The van der Waals surface area contributed by atoms with Crippen LogP contribution >= 0.6 is 11.8 Å². The van der Waals surface area contributed by atoms with Gasteiger partial charge < -0.3 is 4.90 Å². The summed E-state index contributed by atoms with van der Waals surface area (Å²) < 4.78 is 2.03. The lowest BCUT2D eigenvalue weighted by molar-refractivity contribution is 0.0484. The molecule has 5 heteroatoms. The average Bonchev–Trinajstić information content (AvgIpc) is 3.17. The van der Waals surface area contributed by atoms with Crippen molar-refractivity contribution in [2.75, 3.05) is 19.3 Å². The van der Waals surface area contributed by atoms with E-state index in [1.165, 1.54) is 12.8 Å². The van der Waals surface area contributed by atoms with Gasteiger partial charge in [0.25, 0.3) is 5.91 Å². The van der Waals surface area contributed by atoms with Crippen molar-refractivity contribution in [2.24, 2.45) is 5.41 Å². The van der Waals surface area contributed by atoms with Crippen molar-refractivity contribution in [3.63, 3.8) is 0 Å². The molecule has 1 aliphatic carbocycles. The van der Waals surface area contributed by atoms with Crippen LogP contribution in [0.5, 0.6) is 0 Å². The predicted molar refractivity (Wildman–Crippen MR) is 106 cm³/mol. The highest BCUT2D eigenvalue weighted by atomic mass is 32.2. The molecule has 4 rings (SSSR count). The smallest absolute Gasteiger partial charge is 0.253 e. The van der Waals surface area contributed by atoms with Gasteiger partial charge in [-0.15, -0.1) is 0 Å². The number of piperidine rings is 1. The molecule has 0 N–H and O–H groups in total. The van der Waals surface area contributed by atoms with E-state index in [0.29, 0.717) is 5.41 Å². The third-order valence-electron chi connectivity index (χ3n) is 5.67. The molecule has 136 valence electrons. The van der Waals surface area contributed by atoms with Crippen LogP contribution in [0.4, 0.5) is 0 Å². The van der Waals surface area contributed by atoms with E-state index in [4.69, 9.17) is 0 Å². The number of nitrogens with zero attached hydrogens (tertiary/aromatic N) is 3. The average molecular weight is 368 g/mol. The van der Waals surface area contributed by atoms with Crippen LogP contribution in [0.1, 0.15) is 42.5 Å². The fraction of sp³-hybridized carbons (Fsp3) is 0.429. The second-order valence-corrected chi connectivity index (χ2v) is 8.15.